The summed E-state index contributed by atoms with van der Waals surface area (Å²) in [5.74, 6) is 0.0612. The Kier molecular flexibility index (Phi) is 10.2. The van der Waals surface area contributed by atoms with Gasteiger partial charge in [0.2, 0.25) is 17.8 Å². The van der Waals surface area contributed by atoms with Crippen LogP contribution in [0.25, 0.3) is 11.0 Å². The van der Waals surface area contributed by atoms with Crippen molar-refractivity contribution in [1.82, 2.24) is 34.7 Å². The Morgan fingerprint density at radius 2 is 1.74 bits per heavy atom. The minimum atomic E-state index is -0.906. The second-order valence-corrected chi connectivity index (χ2v) is 11.6. The van der Waals surface area contributed by atoms with E-state index in [1.165, 1.54) is 24.1 Å². The minimum absolute atomic E-state index is 0.0909. The van der Waals surface area contributed by atoms with Crippen molar-refractivity contribution in [3.8, 4) is 6.07 Å². The molecular weight excluding hydrogens is 645 g/mol. The smallest absolute Gasteiger partial charge is 0.407 e. The van der Waals surface area contributed by atoms with Crippen LogP contribution in [0.3, 0.4) is 0 Å². The number of amides is 1. The number of benzene rings is 3. The number of anilines is 4. The van der Waals surface area contributed by atoms with Crippen molar-refractivity contribution in [2.24, 2.45) is 0 Å². The molecule has 5 N–H and O–H groups in total. The number of nitrogens with zero attached hydrogens (tertiary/aromatic N) is 7. The zero-order valence-corrected chi connectivity index (χ0v) is 27.1. The molecule has 1 atom stereocenters. The lowest BCUT2D eigenvalue weighted by molar-refractivity contribution is -0.141. The van der Waals surface area contributed by atoms with E-state index in [0.717, 1.165) is 11.1 Å². The van der Waals surface area contributed by atoms with E-state index in [1.807, 2.05) is 24.3 Å². The number of carbonyl (C=O) groups is 2. The summed E-state index contributed by atoms with van der Waals surface area (Å²) in [4.78, 5) is 48.9. The molecular formula is C34H34FN11O4. The van der Waals surface area contributed by atoms with Gasteiger partial charge in [-0.05, 0) is 53.6 Å². The lowest BCUT2D eigenvalue weighted by Gasteiger charge is -2.33. The van der Waals surface area contributed by atoms with Crippen LogP contribution in [0, 0.1) is 17.1 Å². The van der Waals surface area contributed by atoms with Gasteiger partial charge in [0.25, 0.3) is 0 Å². The zero-order chi connectivity index (χ0) is 35.0. The fourth-order valence-electron chi connectivity index (χ4n) is 5.53. The summed E-state index contributed by atoms with van der Waals surface area (Å²) < 4.78 is 18.8. The third-order valence-corrected chi connectivity index (χ3v) is 8.09. The number of imidazole rings is 1. The van der Waals surface area contributed by atoms with Crippen molar-refractivity contribution in [2.45, 2.75) is 25.6 Å². The second-order valence-electron chi connectivity index (χ2n) is 11.6. The van der Waals surface area contributed by atoms with E-state index in [1.54, 1.807) is 30.3 Å². The summed E-state index contributed by atoms with van der Waals surface area (Å²) in [6.07, 6.45) is -0.676. The molecule has 1 aliphatic rings. The molecule has 0 aliphatic carbocycles. The van der Waals surface area contributed by atoms with Crippen molar-refractivity contribution in [3.05, 3.63) is 95.1 Å². The van der Waals surface area contributed by atoms with Crippen LogP contribution >= 0.6 is 0 Å². The molecule has 1 fully saturated rings. The minimum Gasteiger partial charge on any atom is -0.467 e. The first-order valence-corrected chi connectivity index (χ1v) is 15.8. The molecule has 2 aromatic heterocycles. The number of aromatic nitrogens is 5. The highest BCUT2D eigenvalue weighted by atomic mass is 19.1. The summed E-state index contributed by atoms with van der Waals surface area (Å²) in [6.45, 7) is 2.97. The number of halogens is 1. The van der Waals surface area contributed by atoms with Crippen molar-refractivity contribution < 1.29 is 23.8 Å². The molecule has 0 saturated carbocycles. The van der Waals surface area contributed by atoms with Gasteiger partial charge in [0.05, 0.1) is 36.3 Å². The fraction of sp³-hybridized carbons (Fsp3) is 0.265. The Morgan fingerprint density at radius 1 is 0.980 bits per heavy atom. The lowest BCUT2D eigenvalue weighted by atomic mass is 10.0. The highest BCUT2D eigenvalue weighted by molar-refractivity contribution is 5.79. The maximum Gasteiger partial charge on any atom is 0.407 e. The van der Waals surface area contributed by atoms with Crippen molar-refractivity contribution in [3.63, 3.8) is 0 Å². The number of fused-ring (bicyclic) bond motifs is 1. The largest absolute Gasteiger partial charge is 0.467 e. The summed E-state index contributed by atoms with van der Waals surface area (Å²) in [6, 6.07) is 20.1. The normalized spacial score (nSPS) is 13.7. The van der Waals surface area contributed by atoms with Gasteiger partial charge in [-0.1, -0.05) is 24.3 Å². The number of hydrogen-bond donors (Lipinski definition) is 5. The molecule has 1 aliphatic heterocycles. The number of carboxylic acid groups (broad SMARTS) is 1. The summed E-state index contributed by atoms with van der Waals surface area (Å²) >= 11 is 0. The molecule has 50 heavy (non-hydrogen) atoms. The zero-order valence-electron chi connectivity index (χ0n) is 27.1. The van der Waals surface area contributed by atoms with E-state index in [0.29, 0.717) is 60.8 Å². The summed E-state index contributed by atoms with van der Waals surface area (Å²) in [5.41, 5.74) is 4.17. The van der Waals surface area contributed by atoms with Crippen LogP contribution in [-0.4, -0.2) is 91.2 Å². The van der Waals surface area contributed by atoms with Gasteiger partial charge in [0, 0.05) is 44.8 Å². The third kappa shape index (κ3) is 8.57. The van der Waals surface area contributed by atoms with E-state index in [9.17, 15) is 19.1 Å². The summed E-state index contributed by atoms with van der Waals surface area (Å²) in [7, 11) is 1.29. The standard InChI is InChI=1S/C34H34FN11O4/c1-50-30(47)28(16-21-5-7-22(18-36)8-6-21)41-33-43-31(37-19-29-39-26-10-9-24(35)17-27(26)40-29)42-32(44-33)38-25-4-2-3-23(15-25)20-45-11-13-46(14-12-45)34(48)49/h2-10,15,17,28H,11-14,16,19-20H2,1H3,(H,39,40)(H,48,49)(H3,37,38,41,42,43,44). The Balaban J connectivity index is 1.23. The molecule has 3 aromatic carbocycles. The van der Waals surface area contributed by atoms with Gasteiger partial charge in [-0.15, -0.1) is 0 Å². The number of H-pyrrole nitrogens is 1. The average Bonchev–Trinajstić information content (AvgIpc) is 3.53. The maximum atomic E-state index is 13.7. The topological polar surface area (TPSA) is 197 Å². The van der Waals surface area contributed by atoms with Crippen LogP contribution in [0.4, 0.5) is 32.7 Å². The molecule has 256 valence electrons. The first kappa shape index (κ1) is 33.6. The highest BCUT2D eigenvalue weighted by Crippen LogP contribution is 2.21. The van der Waals surface area contributed by atoms with Crippen LogP contribution < -0.4 is 16.0 Å². The van der Waals surface area contributed by atoms with Gasteiger partial charge < -0.3 is 35.7 Å². The number of methoxy groups -OCH3 is 1. The number of hydrogen-bond acceptors (Lipinski definition) is 12. The molecule has 6 rings (SSSR count). The Morgan fingerprint density at radius 3 is 2.48 bits per heavy atom. The van der Waals surface area contributed by atoms with Crippen molar-refractivity contribution >= 4 is 46.6 Å². The maximum absolute atomic E-state index is 13.7. The number of nitriles is 1. The van der Waals surface area contributed by atoms with E-state index in [-0.39, 0.29) is 36.6 Å². The molecule has 0 spiro atoms. The van der Waals surface area contributed by atoms with Gasteiger partial charge in [0.1, 0.15) is 17.7 Å². The first-order chi connectivity index (χ1) is 24.2. The van der Waals surface area contributed by atoms with E-state index in [4.69, 9.17) is 10.00 Å². The Bertz CT molecular complexity index is 2020. The Labute approximate surface area is 286 Å². The van der Waals surface area contributed by atoms with Crippen LogP contribution in [0.1, 0.15) is 22.5 Å². The van der Waals surface area contributed by atoms with Gasteiger partial charge in [-0.3, -0.25) is 4.90 Å². The van der Waals surface area contributed by atoms with Gasteiger partial charge >= 0.3 is 12.1 Å². The van der Waals surface area contributed by atoms with E-state index < -0.39 is 18.1 Å². The molecule has 1 amide bonds. The second kappa shape index (κ2) is 15.3. The molecule has 0 radical (unpaired) electrons. The van der Waals surface area contributed by atoms with Gasteiger partial charge in [-0.25, -0.2) is 19.0 Å². The first-order valence-electron chi connectivity index (χ1n) is 15.8. The number of rotatable bonds is 12. The molecule has 1 saturated heterocycles. The van der Waals surface area contributed by atoms with Crippen molar-refractivity contribution in [2.75, 3.05) is 49.2 Å². The van der Waals surface area contributed by atoms with Crippen LogP contribution in [-0.2, 0) is 29.0 Å². The number of esters is 1. The summed E-state index contributed by atoms with van der Waals surface area (Å²) in [5, 5.41) is 27.8. The van der Waals surface area contributed by atoms with Crippen molar-refractivity contribution in [1.29, 1.82) is 5.26 Å². The fourth-order valence-corrected chi connectivity index (χ4v) is 5.53. The predicted molar refractivity (Wildman–Crippen MR) is 182 cm³/mol. The number of carbonyl (C=O) groups excluding carboxylic acids is 1. The molecule has 5 aromatic rings. The van der Waals surface area contributed by atoms with Gasteiger partial charge in [-0.2, -0.15) is 20.2 Å². The van der Waals surface area contributed by atoms with E-state index >= 15 is 0 Å². The monoisotopic (exact) mass is 679 g/mol. The molecule has 3 heterocycles. The van der Waals surface area contributed by atoms with Crippen LogP contribution in [0.5, 0.6) is 0 Å². The molecule has 15 nitrogen and oxygen atoms in total. The number of aromatic amines is 1. The highest BCUT2D eigenvalue weighted by Gasteiger charge is 2.23. The van der Waals surface area contributed by atoms with Crippen LogP contribution in [0.15, 0.2) is 66.7 Å². The lowest BCUT2D eigenvalue weighted by Crippen LogP contribution is -2.47. The van der Waals surface area contributed by atoms with Crippen LogP contribution in [0.2, 0.25) is 0 Å². The average molecular weight is 680 g/mol. The number of nitrogens with one attached hydrogen (secondary N) is 4. The SMILES string of the molecule is COC(=O)C(Cc1ccc(C#N)cc1)Nc1nc(NCc2nc3ccc(F)cc3[nH]2)nc(Nc2cccc(CN3CCN(C(=O)O)CC3)c2)n1. The molecule has 16 heteroatoms. The number of piperazine rings is 1. The number of ether oxygens (including phenoxy) is 1. The predicted octanol–water partition coefficient (Wildman–Crippen LogP) is 4.11. The van der Waals surface area contributed by atoms with E-state index in [2.05, 4.69) is 51.8 Å². The quantitative estimate of drug-likeness (QED) is 0.118. The molecule has 0 bridgehead atoms. The molecule has 1 unspecified atom stereocenters. The Hall–Kier alpha value is -6.34. The van der Waals surface area contributed by atoms with Gasteiger partial charge in [0.15, 0.2) is 0 Å². The third-order valence-electron chi connectivity index (χ3n) is 8.09.